The van der Waals surface area contributed by atoms with Gasteiger partial charge in [0.1, 0.15) is 11.4 Å². The second kappa shape index (κ2) is 5.09. The van der Waals surface area contributed by atoms with Crippen LogP contribution in [-0.4, -0.2) is 9.13 Å². The summed E-state index contributed by atoms with van der Waals surface area (Å²) in [6.45, 7) is 1.54. The van der Waals surface area contributed by atoms with Crippen LogP contribution in [0, 0.1) is 12.1 Å². The number of thiophene rings is 1. The Balaban J connectivity index is 2.89. The summed E-state index contributed by atoms with van der Waals surface area (Å²) in [4.78, 5) is 24.3. The van der Waals surface area contributed by atoms with Gasteiger partial charge in [-0.15, -0.1) is 11.3 Å². The molecule has 2 heterocycles. The molecule has 21 heavy (non-hydrogen) atoms. The molecule has 0 spiro atoms. The monoisotopic (exact) mass is 386 g/mol. The second-order valence-electron chi connectivity index (χ2n) is 4.14. The van der Waals surface area contributed by atoms with Crippen LogP contribution < -0.4 is 11.2 Å². The summed E-state index contributed by atoms with van der Waals surface area (Å²) in [5.41, 5.74) is -4.29. The molecule has 4 nitrogen and oxygen atoms in total. The van der Waals surface area contributed by atoms with Gasteiger partial charge in [0.05, 0.1) is 4.47 Å². The van der Waals surface area contributed by atoms with E-state index in [0.717, 1.165) is 7.05 Å². The van der Waals surface area contributed by atoms with Crippen LogP contribution in [0.15, 0.2) is 20.1 Å². The van der Waals surface area contributed by atoms with Crippen molar-refractivity contribution in [1.29, 1.82) is 0 Å². The average Bonchev–Trinajstić information content (AvgIpc) is 2.59. The van der Waals surface area contributed by atoms with Crippen molar-refractivity contribution in [1.82, 2.24) is 9.13 Å². The highest BCUT2D eigenvalue weighted by Crippen LogP contribution is 2.33. The van der Waals surface area contributed by atoms with Crippen LogP contribution >= 0.6 is 27.3 Å². The predicted molar refractivity (Wildman–Crippen MR) is 72.6 cm³/mol. The van der Waals surface area contributed by atoms with Crippen LogP contribution in [-0.2, 0) is 13.2 Å². The lowest BCUT2D eigenvalue weighted by Crippen LogP contribution is -2.41. The highest BCUT2D eigenvalue weighted by atomic mass is 79.9. The van der Waals surface area contributed by atoms with Crippen LogP contribution in [0.4, 0.5) is 17.6 Å². The molecular formula is C11H7BrF4N2O2S. The van der Waals surface area contributed by atoms with Gasteiger partial charge in [-0.25, -0.2) is 9.36 Å². The van der Waals surface area contributed by atoms with E-state index in [1.54, 1.807) is 6.92 Å². The minimum Gasteiger partial charge on any atom is -0.292 e. The van der Waals surface area contributed by atoms with Gasteiger partial charge >= 0.3 is 11.9 Å². The number of aryl methyl sites for hydroxylation is 1. The van der Waals surface area contributed by atoms with Gasteiger partial charge in [-0.2, -0.15) is 17.6 Å². The fourth-order valence-electron chi connectivity index (χ4n) is 1.77. The topological polar surface area (TPSA) is 44.0 Å². The van der Waals surface area contributed by atoms with Crippen LogP contribution in [0.2, 0.25) is 0 Å². The molecule has 10 heteroatoms. The molecule has 2 aromatic heterocycles. The average molecular weight is 387 g/mol. The van der Waals surface area contributed by atoms with E-state index in [1.807, 2.05) is 0 Å². The van der Waals surface area contributed by atoms with Gasteiger partial charge in [0, 0.05) is 18.0 Å². The molecule has 0 aliphatic heterocycles. The van der Waals surface area contributed by atoms with Crippen LogP contribution in [0.25, 0.3) is 5.69 Å². The molecule has 2 aromatic rings. The number of rotatable bonds is 1. The third-order valence-corrected chi connectivity index (χ3v) is 4.90. The number of alkyl halides is 3. The first kappa shape index (κ1) is 16.0. The molecule has 0 atom stereocenters. The van der Waals surface area contributed by atoms with Crippen molar-refractivity contribution >= 4 is 27.3 Å². The van der Waals surface area contributed by atoms with E-state index < -0.39 is 28.3 Å². The third-order valence-electron chi connectivity index (χ3n) is 2.78. The summed E-state index contributed by atoms with van der Waals surface area (Å²) >= 11 is 3.71. The van der Waals surface area contributed by atoms with Crippen LogP contribution in [0.3, 0.4) is 0 Å². The van der Waals surface area contributed by atoms with Crippen molar-refractivity contribution in [3.05, 3.63) is 47.1 Å². The molecule has 114 valence electrons. The fourth-order valence-corrected chi connectivity index (χ4v) is 3.24. The van der Waals surface area contributed by atoms with Gasteiger partial charge in [0.25, 0.3) is 5.56 Å². The first-order chi connectivity index (χ1) is 9.55. The van der Waals surface area contributed by atoms with E-state index in [0.29, 0.717) is 20.8 Å². The van der Waals surface area contributed by atoms with Crippen molar-refractivity contribution in [2.24, 2.45) is 7.05 Å². The predicted octanol–water partition coefficient (Wildman–Crippen LogP) is 2.83. The molecule has 0 saturated heterocycles. The number of aromatic nitrogens is 2. The highest BCUT2D eigenvalue weighted by molar-refractivity contribution is 9.10. The molecule has 0 fully saturated rings. The van der Waals surface area contributed by atoms with E-state index in [1.165, 1.54) is 0 Å². The Labute approximate surface area is 127 Å². The number of halogens is 5. The van der Waals surface area contributed by atoms with Crippen molar-refractivity contribution in [3.63, 3.8) is 0 Å². The lowest BCUT2D eigenvalue weighted by Gasteiger charge is -2.13. The maximum Gasteiger partial charge on any atom is 0.431 e. The smallest absolute Gasteiger partial charge is 0.292 e. The first-order valence-electron chi connectivity index (χ1n) is 5.40. The molecule has 0 amide bonds. The quantitative estimate of drug-likeness (QED) is 0.707. The number of hydrogen-bond donors (Lipinski definition) is 0. The first-order valence-corrected chi connectivity index (χ1v) is 7.01. The summed E-state index contributed by atoms with van der Waals surface area (Å²) in [6.07, 6.45) is -4.85. The normalized spacial score (nSPS) is 12.0. The van der Waals surface area contributed by atoms with Gasteiger partial charge in [-0.05, 0) is 22.9 Å². The van der Waals surface area contributed by atoms with Crippen molar-refractivity contribution < 1.29 is 17.6 Å². The summed E-state index contributed by atoms with van der Waals surface area (Å²) in [5.74, 6) is 0. The number of nitrogens with zero attached hydrogens (tertiary/aromatic N) is 2. The zero-order valence-electron chi connectivity index (χ0n) is 10.6. The van der Waals surface area contributed by atoms with E-state index in [4.69, 9.17) is 0 Å². The largest absolute Gasteiger partial charge is 0.431 e. The Morgan fingerprint density at radius 1 is 1.29 bits per heavy atom. The van der Waals surface area contributed by atoms with E-state index in [-0.39, 0.29) is 20.8 Å². The lowest BCUT2D eigenvalue weighted by molar-refractivity contribution is -0.144. The molecule has 0 saturated carbocycles. The Morgan fingerprint density at radius 2 is 1.86 bits per heavy atom. The minimum atomic E-state index is -4.85. The Bertz CT molecular complexity index is 834. The second-order valence-corrected chi connectivity index (χ2v) is 6.11. The van der Waals surface area contributed by atoms with Gasteiger partial charge < -0.3 is 0 Å². The van der Waals surface area contributed by atoms with Gasteiger partial charge in [-0.3, -0.25) is 9.36 Å². The van der Waals surface area contributed by atoms with Crippen molar-refractivity contribution in [2.45, 2.75) is 13.1 Å². The standard InChI is InChI=1S/C11H7BrF4N2O2S/c1-4-7(12)8(9(13)21-4)18-6(19)3-5(11(14,15)16)17(2)10(18)20/h3H,1-2H3. The minimum absolute atomic E-state index is 0.156. The molecule has 0 unspecified atom stereocenters. The van der Waals surface area contributed by atoms with E-state index in [9.17, 15) is 27.2 Å². The van der Waals surface area contributed by atoms with Crippen molar-refractivity contribution in [2.75, 3.05) is 0 Å². The molecule has 0 aromatic carbocycles. The molecule has 0 bridgehead atoms. The summed E-state index contributed by atoms with van der Waals surface area (Å²) in [5, 5.41) is -0.835. The Hall–Kier alpha value is -1.42. The van der Waals surface area contributed by atoms with Gasteiger partial charge in [-0.1, -0.05) is 0 Å². The van der Waals surface area contributed by atoms with Crippen LogP contribution in [0.1, 0.15) is 10.6 Å². The number of hydrogen-bond acceptors (Lipinski definition) is 3. The molecular weight excluding hydrogens is 380 g/mol. The van der Waals surface area contributed by atoms with E-state index in [2.05, 4.69) is 15.9 Å². The fraction of sp³-hybridized carbons (Fsp3) is 0.273. The molecule has 0 N–H and O–H groups in total. The Morgan fingerprint density at radius 3 is 2.29 bits per heavy atom. The lowest BCUT2D eigenvalue weighted by atomic mass is 10.3. The maximum absolute atomic E-state index is 13.8. The molecule has 0 radical (unpaired) electrons. The third kappa shape index (κ3) is 2.57. The van der Waals surface area contributed by atoms with Crippen molar-refractivity contribution in [3.8, 4) is 5.69 Å². The summed E-state index contributed by atoms with van der Waals surface area (Å²) in [7, 11) is 0.867. The molecule has 0 aliphatic rings. The molecule has 2 rings (SSSR count). The SMILES string of the molecule is Cc1sc(F)c(-n2c(=O)cc(C(F)(F)F)n(C)c2=O)c1Br. The highest BCUT2D eigenvalue weighted by Gasteiger charge is 2.35. The zero-order valence-corrected chi connectivity index (χ0v) is 13.0. The van der Waals surface area contributed by atoms with Gasteiger partial charge in [0.2, 0.25) is 5.13 Å². The maximum atomic E-state index is 13.8. The summed E-state index contributed by atoms with van der Waals surface area (Å²) < 4.78 is 52.8. The molecule has 0 aliphatic carbocycles. The van der Waals surface area contributed by atoms with Gasteiger partial charge in [0.15, 0.2) is 0 Å². The van der Waals surface area contributed by atoms with E-state index >= 15 is 0 Å². The zero-order chi connectivity index (χ0) is 16.1. The summed E-state index contributed by atoms with van der Waals surface area (Å²) in [6, 6.07) is 0.264. The Kier molecular flexibility index (Phi) is 3.87. The van der Waals surface area contributed by atoms with Crippen LogP contribution in [0.5, 0.6) is 0 Å².